The van der Waals surface area contributed by atoms with Crippen LogP contribution >= 0.6 is 0 Å². The van der Waals surface area contributed by atoms with Crippen LogP contribution in [0.25, 0.3) is 0 Å². The topological polar surface area (TPSA) is 58.4 Å². The molecule has 1 atom stereocenters. The molecule has 1 aliphatic heterocycles. The minimum Gasteiger partial charge on any atom is -0.333 e. The number of carbonyl (C=O) groups excluding carboxylic acids is 1. The number of nitrogens with two attached hydrogens (primary N) is 1. The van der Waals surface area contributed by atoms with Gasteiger partial charge in [0.1, 0.15) is 0 Å². The van der Waals surface area contributed by atoms with E-state index in [-0.39, 0.29) is 11.4 Å². The van der Waals surface area contributed by atoms with Crippen molar-refractivity contribution in [3.8, 4) is 0 Å². The lowest BCUT2D eigenvalue weighted by Crippen LogP contribution is -2.40. The van der Waals surface area contributed by atoms with E-state index in [1.54, 1.807) is 0 Å². The molecule has 1 saturated heterocycles. The molecule has 2 amide bonds. The number of hydrogen-bond acceptors (Lipinski definition) is 2. The standard InChI is InChI=1S/C13H25N3O/c1-13(2,8-14)9-16-7-11(15-12(16)17)10-5-3-4-6-10/h10-11H,3-9,14H2,1-2H3,(H,15,17). The lowest BCUT2D eigenvalue weighted by Gasteiger charge is -2.28. The highest BCUT2D eigenvalue weighted by atomic mass is 16.2. The molecule has 0 bridgehead atoms. The van der Waals surface area contributed by atoms with Crippen molar-refractivity contribution in [2.24, 2.45) is 17.1 Å². The van der Waals surface area contributed by atoms with Crippen molar-refractivity contribution < 1.29 is 4.79 Å². The fourth-order valence-corrected chi connectivity index (χ4v) is 2.96. The van der Waals surface area contributed by atoms with Gasteiger partial charge < -0.3 is 16.0 Å². The molecule has 2 fully saturated rings. The SMILES string of the molecule is CC(C)(CN)CN1CC(C2CCCC2)NC1=O. The molecule has 1 saturated carbocycles. The molecular formula is C13H25N3O. The maximum atomic E-state index is 11.9. The van der Waals surface area contributed by atoms with Crippen LogP contribution in [-0.2, 0) is 0 Å². The van der Waals surface area contributed by atoms with Gasteiger partial charge in [0.25, 0.3) is 0 Å². The summed E-state index contributed by atoms with van der Waals surface area (Å²) >= 11 is 0. The Morgan fingerprint density at radius 1 is 1.41 bits per heavy atom. The summed E-state index contributed by atoms with van der Waals surface area (Å²) in [5, 5.41) is 3.14. The zero-order valence-corrected chi connectivity index (χ0v) is 11.0. The first-order valence-corrected chi connectivity index (χ1v) is 6.77. The maximum Gasteiger partial charge on any atom is 0.317 e. The van der Waals surface area contributed by atoms with Crippen LogP contribution in [0.4, 0.5) is 4.79 Å². The number of urea groups is 1. The highest BCUT2D eigenvalue weighted by Crippen LogP contribution is 2.30. The summed E-state index contributed by atoms with van der Waals surface area (Å²) in [6, 6.07) is 0.474. The molecule has 0 aromatic heterocycles. The molecule has 3 N–H and O–H groups in total. The summed E-state index contributed by atoms with van der Waals surface area (Å²) in [5.74, 6) is 0.699. The summed E-state index contributed by atoms with van der Waals surface area (Å²) in [6.07, 6.45) is 5.20. The third kappa shape index (κ3) is 2.92. The number of nitrogens with zero attached hydrogens (tertiary/aromatic N) is 1. The van der Waals surface area contributed by atoms with Crippen LogP contribution in [0.3, 0.4) is 0 Å². The van der Waals surface area contributed by atoms with Gasteiger partial charge in [-0.3, -0.25) is 0 Å². The second kappa shape index (κ2) is 4.84. The summed E-state index contributed by atoms with van der Waals surface area (Å²) in [4.78, 5) is 13.8. The van der Waals surface area contributed by atoms with Crippen molar-refractivity contribution in [2.45, 2.75) is 45.6 Å². The Kier molecular flexibility index (Phi) is 3.61. The first-order chi connectivity index (χ1) is 8.02. The third-order valence-corrected chi connectivity index (χ3v) is 4.15. The van der Waals surface area contributed by atoms with E-state index in [0.717, 1.165) is 13.1 Å². The minimum atomic E-state index is 0.0158. The number of carbonyl (C=O) groups is 1. The molecule has 4 nitrogen and oxygen atoms in total. The maximum absolute atomic E-state index is 11.9. The van der Waals surface area contributed by atoms with E-state index in [4.69, 9.17) is 5.73 Å². The van der Waals surface area contributed by atoms with Crippen LogP contribution in [0.2, 0.25) is 0 Å². The average molecular weight is 239 g/mol. The number of nitrogens with one attached hydrogen (secondary N) is 1. The summed E-state index contributed by atoms with van der Waals surface area (Å²) in [5.41, 5.74) is 5.74. The van der Waals surface area contributed by atoms with E-state index in [2.05, 4.69) is 19.2 Å². The van der Waals surface area contributed by atoms with Crippen LogP contribution in [0.15, 0.2) is 0 Å². The van der Waals surface area contributed by atoms with E-state index in [0.29, 0.717) is 18.5 Å². The molecule has 98 valence electrons. The normalized spacial score (nSPS) is 26.6. The van der Waals surface area contributed by atoms with Gasteiger partial charge >= 0.3 is 6.03 Å². The molecule has 2 rings (SSSR count). The quantitative estimate of drug-likeness (QED) is 0.782. The second-order valence-corrected chi connectivity index (χ2v) is 6.35. The molecular weight excluding hydrogens is 214 g/mol. The Morgan fingerprint density at radius 3 is 2.65 bits per heavy atom. The zero-order valence-electron chi connectivity index (χ0n) is 11.0. The smallest absolute Gasteiger partial charge is 0.317 e. The van der Waals surface area contributed by atoms with Gasteiger partial charge in [0.15, 0.2) is 0 Å². The molecule has 17 heavy (non-hydrogen) atoms. The highest BCUT2D eigenvalue weighted by Gasteiger charge is 2.37. The van der Waals surface area contributed by atoms with Crippen LogP contribution < -0.4 is 11.1 Å². The average Bonchev–Trinajstić information content (AvgIpc) is 2.89. The molecule has 1 aliphatic carbocycles. The Labute approximate surface area is 104 Å². The monoisotopic (exact) mass is 239 g/mol. The van der Waals surface area contributed by atoms with E-state index >= 15 is 0 Å². The van der Waals surface area contributed by atoms with E-state index in [1.807, 2.05) is 4.90 Å². The predicted octanol–water partition coefficient (Wildman–Crippen LogP) is 1.56. The minimum absolute atomic E-state index is 0.0158. The van der Waals surface area contributed by atoms with E-state index in [1.165, 1.54) is 25.7 Å². The largest absolute Gasteiger partial charge is 0.333 e. The van der Waals surface area contributed by atoms with E-state index < -0.39 is 0 Å². The molecule has 2 aliphatic rings. The highest BCUT2D eigenvalue weighted by molar-refractivity contribution is 5.77. The fraction of sp³-hybridized carbons (Fsp3) is 0.923. The van der Waals surface area contributed by atoms with Gasteiger partial charge in [-0.2, -0.15) is 0 Å². The van der Waals surface area contributed by atoms with Gasteiger partial charge in [0, 0.05) is 13.1 Å². The van der Waals surface area contributed by atoms with Crippen molar-refractivity contribution >= 4 is 6.03 Å². The Morgan fingerprint density at radius 2 is 2.06 bits per heavy atom. The van der Waals surface area contributed by atoms with E-state index in [9.17, 15) is 4.79 Å². The van der Waals surface area contributed by atoms with Crippen LogP contribution in [-0.4, -0.2) is 36.6 Å². The number of rotatable bonds is 4. The van der Waals surface area contributed by atoms with Crippen molar-refractivity contribution in [2.75, 3.05) is 19.6 Å². The van der Waals surface area contributed by atoms with Crippen molar-refractivity contribution in [1.29, 1.82) is 0 Å². The lowest BCUT2D eigenvalue weighted by atomic mass is 9.93. The lowest BCUT2D eigenvalue weighted by molar-refractivity contribution is 0.190. The first-order valence-electron chi connectivity index (χ1n) is 6.77. The van der Waals surface area contributed by atoms with Gasteiger partial charge in [-0.05, 0) is 30.7 Å². The molecule has 1 unspecified atom stereocenters. The number of hydrogen-bond donors (Lipinski definition) is 2. The third-order valence-electron chi connectivity index (χ3n) is 4.15. The van der Waals surface area contributed by atoms with Crippen LogP contribution in [0.1, 0.15) is 39.5 Å². The summed E-state index contributed by atoms with van der Waals surface area (Å²) in [6.45, 7) is 6.47. The molecule has 0 aromatic carbocycles. The zero-order chi connectivity index (χ0) is 12.5. The molecule has 1 heterocycles. The van der Waals surface area contributed by atoms with Crippen molar-refractivity contribution in [3.63, 3.8) is 0 Å². The molecule has 0 radical (unpaired) electrons. The van der Waals surface area contributed by atoms with Gasteiger partial charge in [0.05, 0.1) is 6.04 Å². The second-order valence-electron chi connectivity index (χ2n) is 6.35. The molecule has 0 spiro atoms. The van der Waals surface area contributed by atoms with Crippen LogP contribution in [0.5, 0.6) is 0 Å². The first kappa shape index (κ1) is 12.7. The molecule has 4 heteroatoms. The Bertz CT molecular complexity index is 284. The van der Waals surface area contributed by atoms with Gasteiger partial charge in [-0.1, -0.05) is 26.7 Å². The van der Waals surface area contributed by atoms with Crippen molar-refractivity contribution in [3.05, 3.63) is 0 Å². The summed E-state index contributed by atoms with van der Waals surface area (Å²) in [7, 11) is 0. The van der Waals surface area contributed by atoms with Gasteiger partial charge in [-0.25, -0.2) is 4.79 Å². The Balaban J connectivity index is 1.90. The summed E-state index contributed by atoms with van der Waals surface area (Å²) < 4.78 is 0. The number of amides is 2. The van der Waals surface area contributed by atoms with Gasteiger partial charge in [0.2, 0.25) is 0 Å². The molecule has 0 aromatic rings. The van der Waals surface area contributed by atoms with Gasteiger partial charge in [-0.15, -0.1) is 0 Å². The van der Waals surface area contributed by atoms with Crippen molar-refractivity contribution in [1.82, 2.24) is 10.2 Å². The fourth-order valence-electron chi connectivity index (χ4n) is 2.96. The Hall–Kier alpha value is -0.770. The predicted molar refractivity (Wildman–Crippen MR) is 68.7 cm³/mol. The van der Waals surface area contributed by atoms with Crippen LogP contribution in [0, 0.1) is 11.3 Å².